The number of amides is 3. The second-order valence-electron chi connectivity index (χ2n) is 3.38. The second-order valence-corrected chi connectivity index (χ2v) is 4.54. The highest BCUT2D eigenvalue weighted by atomic mass is 35.5. The SMILES string of the molecule is CC(=O)NN(C)C(=O)Nc1ccc(Cl)c(Cl)c1Cl. The number of rotatable bonds is 1. The van der Waals surface area contributed by atoms with Crippen LogP contribution in [0, 0.1) is 0 Å². The Balaban J connectivity index is 2.82. The Kier molecular flexibility index (Phi) is 5.07. The van der Waals surface area contributed by atoms with E-state index in [0.29, 0.717) is 5.69 Å². The van der Waals surface area contributed by atoms with Gasteiger partial charge in [0.1, 0.15) is 0 Å². The average molecular weight is 311 g/mol. The van der Waals surface area contributed by atoms with Gasteiger partial charge in [-0.05, 0) is 12.1 Å². The molecule has 2 N–H and O–H groups in total. The van der Waals surface area contributed by atoms with Gasteiger partial charge in [0.05, 0.1) is 20.8 Å². The van der Waals surface area contributed by atoms with Gasteiger partial charge in [-0.1, -0.05) is 34.8 Å². The molecule has 0 atom stereocenters. The normalized spacial score (nSPS) is 9.83. The topological polar surface area (TPSA) is 61.4 Å². The minimum absolute atomic E-state index is 0.133. The summed E-state index contributed by atoms with van der Waals surface area (Å²) in [6.45, 7) is 1.29. The van der Waals surface area contributed by atoms with E-state index in [2.05, 4.69) is 10.7 Å². The highest BCUT2D eigenvalue weighted by Gasteiger charge is 2.14. The molecule has 1 rings (SSSR count). The summed E-state index contributed by atoms with van der Waals surface area (Å²) in [6, 6.07) is 2.45. The van der Waals surface area contributed by atoms with Gasteiger partial charge < -0.3 is 5.32 Å². The second kappa shape index (κ2) is 6.13. The van der Waals surface area contributed by atoms with Crippen LogP contribution >= 0.6 is 34.8 Å². The van der Waals surface area contributed by atoms with Crippen molar-refractivity contribution in [1.29, 1.82) is 0 Å². The summed E-state index contributed by atoms with van der Waals surface area (Å²) in [4.78, 5) is 22.4. The largest absolute Gasteiger partial charge is 0.340 e. The molecule has 5 nitrogen and oxygen atoms in total. The molecule has 0 saturated carbocycles. The Hall–Kier alpha value is -1.17. The Morgan fingerprint density at radius 2 is 1.78 bits per heavy atom. The fourth-order valence-electron chi connectivity index (χ4n) is 1.11. The van der Waals surface area contributed by atoms with Gasteiger partial charge in [-0.3, -0.25) is 10.2 Å². The van der Waals surface area contributed by atoms with Gasteiger partial charge in [0.25, 0.3) is 0 Å². The maximum atomic E-state index is 11.7. The first-order valence-electron chi connectivity index (χ1n) is 4.78. The van der Waals surface area contributed by atoms with Crippen LogP contribution in [0.15, 0.2) is 12.1 Å². The molecule has 98 valence electrons. The van der Waals surface area contributed by atoms with Crippen molar-refractivity contribution >= 4 is 52.4 Å². The number of hydrogen-bond donors (Lipinski definition) is 2. The zero-order chi connectivity index (χ0) is 13.9. The van der Waals surface area contributed by atoms with Crippen LogP contribution in [-0.2, 0) is 4.79 Å². The zero-order valence-corrected chi connectivity index (χ0v) is 11.8. The first-order chi connectivity index (χ1) is 8.32. The van der Waals surface area contributed by atoms with E-state index in [9.17, 15) is 9.59 Å². The molecule has 0 spiro atoms. The van der Waals surface area contributed by atoms with E-state index >= 15 is 0 Å². The molecule has 0 fully saturated rings. The van der Waals surface area contributed by atoms with Gasteiger partial charge in [-0.15, -0.1) is 0 Å². The van der Waals surface area contributed by atoms with Crippen molar-refractivity contribution < 1.29 is 9.59 Å². The summed E-state index contributed by atoms with van der Waals surface area (Å²) in [7, 11) is 1.39. The maximum absolute atomic E-state index is 11.7. The lowest BCUT2D eigenvalue weighted by Gasteiger charge is -2.18. The molecule has 0 aromatic heterocycles. The molecule has 0 bridgehead atoms. The molecule has 0 aliphatic heterocycles. The quantitative estimate of drug-likeness (QED) is 0.618. The maximum Gasteiger partial charge on any atom is 0.340 e. The van der Waals surface area contributed by atoms with E-state index in [1.807, 2.05) is 0 Å². The molecule has 0 heterocycles. The van der Waals surface area contributed by atoms with Crippen molar-refractivity contribution in [3.63, 3.8) is 0 Å². The standard InChI is InChI=1S/C10H10Cl3N3O2/c1-5(17)15-16(2)10(18)14-7-4-3-6(11)8(12)9(7)13/h3-4H,1-2H3,(H,14,18)(H,15,17). The lowest BCUT2D eigenvalue weighted by atomic mass is 10.3. The number of benzene rings is 1. The minimum Gasteiger partial charge on any atom is -0.305 e. The molecular formula is C10H10Cl3N3O2. The van der Waals surface area contributed by atoms with Gasteiger partial charge in [0.2, 0.25) is 5.91 Å². The van der Waals surface area contributed by atoms with Gasteiger partial charge >= 0.3 is 6.03 Å². The number of anilines is 1. The van der Waals surface area contributed by atoms with E-state index in [-0.39, 0.29) is 21.0 Å². The molecule has 1 aromatic carbocycles. The number of carbonyl (C=O) groups excluding carboxylic acids is 2. The Bertz CT molecular complexity index is 494. The van der Waals surface area contributed by atoms with Crippen molar-refractivity contribution in [3.05, 3.63) is 27.2 Å². The summed E-state index contributed by atoms with van der Waals surface area (Å²) in [5.41, 5.74) is 2.59. The molecule has 0 unspecified atom stereocenters. The zero-order valence-electron chi connectivity index (χ0n) is 9.55. The van der Waals surface area contributed by atoms with Crippen molar-refractivity contribution in [1.82, 2.24) is 10.4 Å². The van der Waals surface area contributed by atoms with Gasteiger partial charge in [0, 0.05) is 14.0 Å². The fourth-order valence-corrected chi connectivity index (χ4v) is 1.69. The Morgan fingerprint density at radius 3 is 2.33 bits per heavy atom. The summed E-state index contributed by atoms with van der Waals surface area (Å²) >= 11 is 17.5. The Labute approximate surface area is 119 Å². The molecule has 1 aromatic rings. The first kappa shape index (κ1) is 14.9. The number of halogens is 3. The van der Waals surface area contributed by atoms with Crippen molar-refractivity contribution in [2.24, 2.45) is 0 Å². The van der Waals surface area contributed by atoms with Gasteiger partial charge in [-0.2, -0.15) is 0 Å². The molecule has 0 aliphatic carbocycles. The fraction of sp³-hybridized carbons (Fsp3) is 0.200. The summed E-state index contributed by atoms with van der Waals surface area (Å²) in [6.07, 6.45) is 0. The van der Waals surface area contributed by atoms with Crippen LogP contribution in [0.5, 0.6) is 0 Å². The smallest absolute Gasteiger partial charge is 0.305 e. The number of hydrazine groups is 1. The molecule has 3 amide bonds. The third-order valence-electron chi connectivity index (χ3n) is 1.91. The van der Waals surface area contributed by atoms with Crippen LogP contribution in [0.25, 0.3) is 0 Å². The summed E-state index contributed by atoms with van der Waals surface area (Å²) in [5, 5.41) is 4.04. The van der Waals surface area contributed by atoms with Crippen molar-refractivity contribution in [2.75, 3.05) is 12.4 Å². The average Bonchev–Trinajstić information content (AvgIpc) is 2.29. The highest BCUT2D eigenvalue weighted by Crippen LogP contribution is 2.35. The van der Waals surface area contributed by atoms with Crippen LogP contribution < -0.4 is 10.7 Å². The highest BCUT2D eigenvalue weighted by molar-refractivity contribution is 6.49. The number of hydrogen-bond acceptors (Lipinski definition) is 2. The van der Waals surface area contributed by atoms with Crippen LogP contribution in [-0.4, -0.2) is 24.0 Å². The summed E-state index contributed by atoms with van der Waals surface area (Å²) in [5.74, 6) is -0.368. The lowest BCUT2D eigenvalue weighted by molar-refractivity contribution is -0.122. The van der Waals surface area contributed by atoms with Gasteiger partial charge in [-0.25, -0.2) is 9.80 Å². The minimum atomic E-state index is -0.564. The number of urea groups is 1. The van der Waals surface area contributed by atoms with Gasteiger partial charge in [0.15, 0.2) is 0 Å². The van der Waals surface area contributed by atoms with Crippen LogP contribution in [0.2, 0.25) is 15.1 Å². The number of nitrogens with zero attached hydrogens (tertiary/aromatic N) is 1. The van der Waals surface area contributed by atoms with E-state index in [4.69, 9.17) is 34.8 Å². The number of nitrogens with one attached hydrogen (secondary N) is 2. The van der Waals surface area contributed by atoms with Crippen LogP contribution in [0.1, 0.15) is 6.92 Å². The third kappa shape index (κ3) is 3.66. The predicted octanol–water partition coefficient (Wildman–Crippen LogP) is 3.16. The van der Waals surface area contributed by atoms with E-state index < -0.39 is 6.03 Å². The molecule has 8 heteroatoms. The third-order valence-corrected chi connectivity index (χ3v) is 3.20. The molecule has 18 heavy (non-hydrogen) atoms. The summed E-state index contributed by atoms with van der Waals surface area (Å²) < 4.78 is 0. The molecule has 0 radical (unpaired) electrons. The molecule has 0 saturated heterocycles. The van der Waals surface area contributed by atoms with Crippen molar-refractivity contribution in [3.8, 4) is 0 Å². The van der Waals surface area contributed by atoms with Crippen LogP contribution in [0.3, 0.4) is 0 Å². The number of carbonyl (C=O) groups is 2. The predicted molar refractivity (Wildman–Crippen MR) is 72.1 cm³/mol. The monoisotopic (exact) mass is 309 g/mol. The lowest BCUT2D eigenvalue weighted by Crippen LogP contribution is -2.44. The van der Waals surface area contributed by atoms with Crippen LogP contribution in [0.4, 0.5) is 10.5 Å². The van der Waals surface area contributed by atoms with E-state index in [1.54, 1.807) is 0 Å². The molecule has 0 aliphatic rings. The Morgan fingerprint density at radius 1 is 1.17 bits per heavy atom. The van der Waals surface area contributed by atoms with E-state index in [1.165, 1.54) is 26.1 Å². The van der Waals surface area contributed by atoms with Crippen molar-refractivity contribution in [2.45, 2.75) is 6.92 Å². The van der Waals surface area contributed by atoms with E-state index in [0.717, 1.165) is 5.01 Å². The first-order valence-corrected chi connectivity index (χ1v) is 5.91. The molecular weight excluding hydrogens is 300 g/mol.